The van der Waals surface area contributed by atoms with Crippen LogP contribution >= 0.6 is 0 Å². The SMILES string of the molecule is CN[C@H]1CCC(=O)N2CCC[C@@H](C(C)=O)N2C1=O. The van der Waals surface area contributed by atoms with Gasteiger partial charge in [-0.05, 0) is 33.2 Å². The van der Waals surface area contributed by atoms with Gasteiger partial charge in [0.15, 0.2) is 5.78 Å². The first-order valence-corrected chi connectivity index (χ1v) is 6.37. The first-order valence-electron chi connectivity index (χ1n) is 6.37. The molecular formula is C12H19N3O3. The second kappa shape index (κ2) is 5.06. The zero-order valence-corrected chi connectivity index (χ0v) is 10.8. The summed E-state index contributed by atoms with van der Waals surface area (Å²) in [7, 11) is 1.70. The van der Waals surface area contributed by atoms with Crippen LogP contribution in [0.25, 0.3) is 0 Å². The van der Waals surface area contributed by atoms with Crippen LogP contribution in [-0.2, 0) is 14.4 Å². The van der Waals surface area contributed by atoms with E-state index in [9.17, 15) is 14.4 Å². The van der Waals surface area contributed by atoms with E-state index in [1.165, 1.54) is 16.9 Å². The number of amides is 2. The molecule has 0 bridgehead atoms. The average molecular weight is 253 g/mol. The molecular weight excluding hydrogens is 234 g/mol. The van der Waals surface area contributed by atoms with Crippen molar-refractivity contribution in [2.24, 2.45) is 0 Å². The average Bonchev–Trinajstić information content (AvgIpc) is 2.48. The maximum absolute atomic E-state index is 12.4. The third-order valence-corrected chi connectivity index (χ3v) is 3.68. The lowest BCUT2D eigenvalue weighted by atomic mass is 10.0. The maximum Gasteiger partial charge on any atom is 0.258 e. The molecule has 0 aromatic heterocycles. The number of hydrogen-bond acceptors (Lipinski definition) is 4. The lowest BCUT2D eigenvalue weighted by Crippen LogP contribution is -2.61. The molecule has 1 N–H and O–H groups in total. The van der Waals surface area contributed by atoms with Crippen LogP contribution < -0.4 is 5.32 Å². The second-order valence-corrected chi connectivity index (χ2v) is 4.85. The second-order valence-electron chi connectivity index (χ2n) is 4.85. The van der Waals surface area contributed by atoms with Crippen LogP contribution in [0.15, 0.2) is 0 Å². The first-order chi connectivity index (χ1) is 8.56. The van der Waals surface area contributed by atoms with Gasteiger partial charge in [0, 0.05) is 13.0 Å². The van der Waals surface area contributed by atoms with Crippen molar-refractivity contribution >= 4 is 17.6 Å². The van der Waals surface area contributed by atoms with Gasteiger partial charge in [0.1, 0.15) is 6.04 Å². The monoisotopic (exact) mass is 253 g/mol. The van der Waals surface area contributed by atoms with Crippen LogP contribution in [0.1, 0.15) is 32.6 Å². The van der Waals surface area contributed by atoms with Gasteiger partial charge >= 0.3 is 0 Å². The number of hydrazine groups is 1. The van der Waals surface area contributed by atoms with Crippen molar-refractivity contribution in [2.45, 2.75) is 44.7 Å². The first kappa shape index (κ1) is 13.0. The molecule has 0 aliphatic carbocycles. The third kappa shape index (κ3) is 2.12. The van der Waals surface area contributed by atoms with E-state index in [1.54, 1.807) is 7.05 Å². The Balaban J connectivity index is 2.34. The molecule has 0 radical (unpaired) electrons. The quantitative estimate of drug-likeness (QED) is 0.733. The summed E-state index contributed by atoms with van der Waals surface area (Å²) < 4.78 is 0. The molecule has 6 heteroatoms. The Hall–Kier alpha value is -1.43. The molecule has 0 aromatic carbocycles. The fraction of sp³-hybridized carbons (Fsp3) is 0.750. The van der Waals surface area contributed by atoms with Gasteiger partial charge in [-0.3, -0.25) is 19.4 Å². The summed E-state index contributed by atoms with van der Waals surface area (Å²) in [6, 6.07) is -0.858. The summed E-state index contributed by atoms with van der Waals surface area (Å²) in [6.07, 6.45) is 2.25. The predicted molar refractivity (Wildman–Crippen MR) is 64.3 cm³/mol. The Labute approximate surface area is 106 Å². The third-order valence-electron chi connectivity index (χ3n) is 3.68. The Morgan fingerprint density at radius 1 is 1.33 bits per heavy atom. The van der Waals surface area contributed by atoms with Crippen LogP contribution in [0, 0.1) is 0 Å². The number of Topliss-reactive ketones (excluding diaryl/α,β-unsaturated/α-hetero) is 1. The van der Waals surface area contributed by atoms with Gasteiger partial charge in [-0.2, -0.15) is 0 Å². The number of ketones is 1. The van der Waals surface area contributed by atoms with Crippen LogP contribution in [0.3, 0.4) is 0 Å². The van der Waals surface area contributed by atoms with Crippen LogP contribution in [0.4, 0.5) is 0 Å². The molecule has 2 saturated heterocycles. The van der Waals surface area contributed by atoms with E-state index in [-0.39, 0.29) is 23.6 Å². The predicted octanol–water partition coefficient (Wildman–Crippen LogP) is -0.308. The van der Waals surface area contributed by atoms with Crippen molar-refractivity contribution in [3.63, 3.8) is 0 Å². The number of hydrogen-bond donors (Lipinski definition) is 1. The van der Waals surface area contributed by atoms with E-state index in [0.29, 0.717) is 25.8 Å². The number of nitrogens with zero attached hydrogens (tertiary/aromatic N) is 2. The molecule has 2 aliphatic rings. The van der Waals surface area contributed by atoms with Gasteiger partial charge in [0.25, 0.3) is 5.91 Å². The van der Waals surface area contributed by atoms with Crippen LogP contribution in [0.5, 0.6) is 0 Å². The number of fused-ring (bicyclic) bond motifs is 1. The summed E-state index contributed by atoms with van der Waals surface area (Å²) in [6.45, 7) is 2.01. The summed E-state index contributed by atoms with van der Waals surface area (Å²) in [5, 5.41) is 5.78. The van der Waals surface area contributed by atoms with Gasteiger partial charge in [-0.1, -0.05) is 0 Å². The number of carbonyl (C=O) groups excluding carboxylic acids is 3. The number of nitrogens with one attached hydrogen (secondary N) is 1. The molecule has 2 fully saturated rings. The van der Waals surface area contributed by atoms with Crippen LogP contribution in [0.2, 0.25) is 0 Å². The zero-order chi connectivity index (χ0) is 13.3. The number of rotatable bonds is 2. The Morgan fingerprint density at radius 2 is 2.06 bits per heavy atom. The molecule has 0 aromatic rings. The smallest absolute Gasteiger partial charge is 0.258 e. The molecule has 0 saturated carbocycles. The standard InChI is InChI=1S/C12H19N3O3/c1-8(16)10-4-3-7-14-11(17)6-5-9(13-2)12(18)15(10)14/h9-10,13H,3-7H2,1-2H3/t9-,10-/m0/s1. The molecule has 100 valence electrons. The molecule has 2 rings (SSSR count). The largest absolute Gasteiger partial charge is 0.309 e. The van der Waals surface area contributed by atoms with Gasteiger partial charge in [0.2, 0.25) is 5.91 Å². The lowest BCUT2D eigenvalue weighted by Gasteiger charge is -2.42. The minimum atomic E-state index is -0.482. The molecule has 2 amide bonds. The summed E-state index contributed by atoms with van der Waals surface area (Å²) in [5.41, 5.74) is 0. The maximum atomic E-state index is 12.4. The zero-order valence-electron chi connectivity index (χ0n) is 10.8. The van der Waals surface area contributed by atoms with E-state index >= 15 is 0 Å². The van der Waals surface area contributed by atoms with E-state index in [0.717, 1.165) is 6.42 Å². The highest BCUT2D eigenvalue weighted by Gasteiger charge is 2.42. The highest BCUT2D eigenvalue weighted by atomic mass is 16.2. The van der Waals surface area contributed by atoms with E-state index in [4.69, 9.17) is 0 Å². The van der Waals surface area contributed by atoms with Crippen molar-refractivity contribution in [1.29, 1.82) is 0 Å². The van der Waals surface area contributed by atoms with E-state index in [2.05, 4.69) is 5.32 Å². The van der Waals surface area contributed by atoms with Gasteiger partial charge in [-0.15, -0.1) is 0 Å². The highest BCUT2D eigenvalue weighted by Crippen LogP contribution is 2.24. The molecule has 18 heavy (non-hydrogen) atoms. The molecule has 0 unspecified atom stereocenters. The van der Waals surface area contributed by atoms with Gasteiger partial charge in [-0.25, -0.2) is 5.01 Å². The molecule has 2 aliphatic heterocycles. The summed E-state index contributed by atoms with van der Waals surface area (Å²) in [5.74, 6) is -0.284. The Bertz CT molecular complexity index is 383. The summed E-state index contributed by atoms with van der Waals surface area (Å²) in [4.78, 5) is 36.1. The normalized spacial score (nSPS) is 29.0. The fourth-order valence-electron chi connectivity index (χ4n) is 2.67. The topological polar surface area (TPSA) is 69.7 Å². The van der Waals surface area contributed by atoms with E-state index < -0.39 is 6.04 Å². The van der Waals surface area contributed by atoms with Gasteiger partial charge in [0.05, 0.1) is 6.04 Å². The molecule has 0 spiro atoms. The van der Waals surface area contributed by atoms with Crippen molar-refractivity contribution in [3.8, 4) is 0 Å². The van der Waals surface area contributed by atoms with Crippen molar-refractivity contribution in [3.05, 3.63) is 0 Å². The molecule has 2 heterocycles. The van der Waals surface area contributed by atoms with Crippen molar-refractivity contribution in [1.82, 2.24) is 15.3 Å². The Morgan fingerprint density at radius 3 is 2.67 bits per heavy atom. The van der Waals surface area contributed by atoms with Gasteiger partial charge < -0.3 is 5.32 Å². The Kier molecular flexibility index (Phi) is 3.65. The number of likely N-dealkylation sites (N-methyl/N-ethyl adjacent to an activating group) is 1. The minimum Gasteiger partial charge on any atom is -0.309 e. The lowest BCUT2D eigenvalue weighted by molar-refractivity contribution is -0.175. The van der Waals surface area contributed by atoms with Crippen molar-refractivity contribution < 1.29 is 14.4 Å². The minimum absolute atomic E-state index is 0.0578. The fourth-order valence-corrected chi connectivity index (χ4v) is 2.67. The highest BCUT2D eigenvalue weighted by molar-refractivity contribution is 5.93. The summed E-state index contributed by atoms with van der Waals surface area (Å²) >= 11 is 0. The van der Waals surface area contributed by atoms with E-state index in [1.807, 2.05) is 0 Å². The molecule has 2 atom stereocenters. The van der Waals surface area contributed by atoms with Crippen LogP contribution in [-0.4, -0.2) is 53.3 Å². The number of carbonyl (C=O) groups is 3. The molecule has 6 nitrogen and oxygen atoms in total. The van der Waals surface area contributed by atoms with Crippen molar-refractivity contribution in [2.75, 3.05) is 13.6 Å².